The Labute approximate surface area is 142 Å². The molecule has 1 aromatic carbocycles. The van der Waals surface area contributed by atoms with E-state index in [9.17, 15) is 13.7 Å². The molecule has 0 aliphatic carbocycles. The summed E-state index contributed by atoms with van der Waals surface area (Å²) >= 11 is 0. The zero-order valence-corrected chi connectivity index (χ0v) is 14.6. The highest BCUT2D eigenvalue weighted by molar-refractivity contribution is 7.90. The highest BCUT2D eigenvalue weighted by Gasteiger charge is 2.22. The van der Waals surface area contributed by atoms with Crippen LogP contribution < -0.4 is 5.01 Å². The zero-order valence-electron chi connectivity index (χ0n) is 13.8. The summed E-state index contributed by atoms with van der Waals surface area (Å²) in [4.78, 5) is 1.96. The fraction of sp³-hybridized carbons (Fsp3) is 0.412. The van der Waals surface area contributed by atoms with Crippen molar-refractivity contribution in [3.05, 3.63) is 36.2 Å². The van der Waals surface area contributed by atoms with Gasteiger partial charge in [0.05, 0.1) is 11.1 Å². The third kappa shape index (κ3) is 3.15. The van der Waals surface area contributed by atoms with Crippen LogP contribution in [0.15, 0.2) is 35.4 Å². The maximum Gasteiger partial charge on any atom is 0.175 e. The molecule has 1 aliphatic heterocycles. The second-order valence-electron chi connectivity index (χ2n) is 6.36. The summed E-state index contributed by atoms with van der Waals surface area (Å²) in [7, 11) is -3.23. The molecule has 2 heterocycles. The Kier molecular flexibility index (Phi) is 4.33. The van der Waals surface area contributed by atoms with Crippen molar-refractivity contribution in [3.63, 3.8) is 0 Å². The summed E-state index contributed by atoms with van der Waals surface area (Å²) in [5.74, 6) is 0.576. The third-order valence-electron chi connectivity index (χ3n) is 4.35. The number of sulfone groups is 1. The summed E-state index contributed by atoms with van der Waals surface area (Å²) in [6, 6.07) is 8.80. The van der Waals surface area contributed by atoms with Crippen molar-refractivity contribution in [3.8, 4) is 17.2 Å². The lowest BCUT2D eigenvalue weighted by Gasteiger charge is -2.32. The van der Waals surface area contributed by atoms with Crippen LogP contribution in [0.25, 0.3) is 11.1 Å². The fourth-order valence-corrected chi connectivity index (χ4v) is 3.72. The second-order valence-corrected chi connectivity index (χ2v) is 8.38. The molecule has 1 aliphatic rings. The topological polar surface area (TPSA) is 79.0 Å². The quantitative estimate of drug-likeness (QED) is 0.853. The van der Waals surface area contributed by atoms with E-state index in [0.29, 0.717) is 11.6 Å². The molecule has 126 valence electrons. The summed E-state index contributed by atoms with van der Waals surface area (Å²) in [5.41, 5.74) is 1.99. The zero-order chi connectivity index (χ0) is 17.3. The lowest BCUT2D eigenvalue weighted by Crippen LogP contribution is -2.43. The standard InChI is InChI=1S/C17H20N4O2S/c1-13-4-3-9-20(12-13)21-17(10-18)16(11-19-21)14-5-7-15(8-6-14)24(2,22)23/h5-8,11,13H,3-4,9,12H2,1-2H3. The van der Waals surface area contributed by atoms with Gasteiger partial charge in [0.15, 0.2) is 15.5 Å². The van der Waals surface area contributed by atoms with Crippen molar-refractivity contribution in [1.29, 1.82) is 5.26 Å². The van der Waals surface area contributed by atoms with Crippen LogP contribution in [-0.2, 0) is 9.84 Å². The van der Waals surface area contributed by atoms with Gasteiger partial charge in [-0.25, -0.2) is 8.42 Å². The van der Waals surface area contributed by atoms with Gasteiger partial charge in [-0.15, -0.1) is 0 Å². The van der Waals surface area contributed by atoms with Gasteiger partial charge in [0.25, 0.3) is 0 Å². The molecule has 0 bridgehead atoms. The Morgan fingerprint density at radius 1 is 1.29 bits per heavy atom. The first-order valence-electron chi connectivity index (χ1n) is 7.94. The van der Waals surface area contributed by atoms with E-state index in [-0.39, 0.29) is 4.90 Å². The predicted octanol–water partition coefficient (Wildman–Crippen LogP) is 2.19. The smallest absolute Gasteiger partial charge is 0.175 e. The van der Waals surface area contributed by atoms with E-state index >= 15 is 0 Å². The first-order chi connectivity index (χ1) is 11.4. The van der Waals surface area contributed by atoms with Crippen LogP contribution in [-0.4, -0.2) is 37.7 Å². The number of hydrogen-bond donors (Lipinski definition) is 0. The van der Waals surface area contributed by atoms with Crippen molar-refractivity contribution in [2.45, 2.75) is 24.7 Å². The number of nitriles is 1. The number of nitrogens with zero attached hydrogens (tertiary/aromatic N) is 4. The predicted molar refractivity (Wildman–Crippen MR) is 91.8 cm³/mol. The molecule has 1 atom stereocenters. The Bertz CT molecular complexity index is 878. The van der Waals surface area contributed by atoms with Gasteiger partial charge < -0.3 is 0 Å². The SMILES string of the molecule is CC1CCCN(n2ncc(-c3ccc(S(C)(=O)=O)cc3)c2C#N)C1. The Balaban J connectivity index is 1.96. The summed E-state index contributed by atoms with van der Waals surface area (Å²) in [6.07, 6.45) is 5.13. The molecule has 7 heteroatoms. The van der Waals surface area contributed by atoms with Crippen molar-refractivity contribution in [1.82, 2.24) is 9.89 Å². The number of benzene rings is 1. The average molecular weight is 344 g/mol. The highest BCUT2D eigenvalue weighted by atomic mass is 32.2. The van der Waals surface area contributed by atoms with Gasteiger partial charge >= 0.3 is 0 Å². The van der Waals surface area contributed by atoms with Gasteiger partial charge in [0.1, 0.15) is 6.07 Å². The van der Waals surface area contributed by atoms with Gasteiger partial charge in [-0.05, 0) is 36.5 Å². The molecule has 1 unspecified atom stereocenters. The summed E-state index contributed by atoms with van der Waals surface area (Å²) in [6.45, 7) is 3.96. The molecule has 1 saturated heterocycles. The fourth-order valence-electron chi connectivity index (χ4n) is 3.09. The van der Waals surface area contributed by atoms with E-state index in [1.807, 2.05) is 0 Å². The van der Waals surface area contributed by atoms with Crippen molar-refractivity contribution in [2.24, 2.45) is 5.92 Å². The van der Waals surface area contributed by atoms with Crippen LogP contribution in [0.4, 0.5) is 0 Å². The molecule has 1 fully saturated rings. The van der Waals surface area contributed by atoms with Crippen LogP contribution >= 0.6 is 0 Å². The van der Waals surface area contributed by atoms with Gasteiger partial charge in [-0.2, -0.15) is 15.2 Å². The monoisotopic (exact) mass is 344 g/mol. The summed E-state index contributed by atoms with van der Waals surface area (Å²) < 4.78 is 23.1. The minimum absolute atomic E-state index is 0.266. The van der Waals surface area contributed by atoms with Crippen LogP contribution in [0, 0.1) is 17.2 Å². The maximum atomic E-state index is 11.6. The van der Waals surface area contributed by atoms with Crippen LogP contribution in [0.3, 0.4) is 0 Å². The third-order valence-corrected chi connectivity index (χ3v) is 5.48. The molecule has 2 aromatic rings. The van der Waals surface area contributed by atoms with Crippen molar-refractivity contribution >= 4 is 9.84 Å². The second kappa shape index (κ2) is 6.29. The van der Waals surface area contributed by atoms with E-state index in [2.05, 4.69) is 23.1 Å². The van der Waals surface area contributed by atoms with E-state index in [4.69, 9.17) is 0 Å². The molecule has 24 heavy (non-hydrogen) atoms. The lowest BCUT2D eigenvalue weighted by molar-refractivity contribution is 0.369. The Morgan fingerprint density at radius 2 is 2.00 bits per heavy atom. The first kappa shape index (κ1) is 16.5. The number of hydrogen-bond acceptors (Lipinski definition) is 5. The normalized spacial score (nSPS) is 18.4. The van der Waals surface area contributed by atoms with E-state index in [1.165, 1.54) is 12.7 Å². The average Bonchev–Trinajstić information content (AvgIpc) is 2.98. The summed E-state index contributed by atoms with van der Waals surface area (Å²) in [5, 5.41) is 16.1. The molecule has 6 nitrogen and oxygen atoms in total. The van der Waals surface area contributed by atoms with E-state index in [0.717, 1.165) is 30.6 Å². The Hall–Kier alpha value is -2.33. The minimum Gasteiger partial charge on any atom is -0.295 e. The molecule has 1 aromatic heterocycles. The molecular formula is C17H20N4O2S. The molecule has 0 radical (unpaired) electrons. The van der Waals surface area contributed by atoms with Crippen LogP contribution in [0.5, 0.6) is 0 Å². The maximum absolute atomic E-state index is 11.6. The van der Waals surface area contributed by atoms with Crippen molar-refractivity contribution in [2.75, 3.05) is 24.4 Å². The number of aromatic nitrogens is 2. The Morgan fingerprint density at radius 3 is 2.58 bits per heavy atom. The van der Waals surface area contributed by atoms with E-state index in [1.54, 1.807) is 35.3 Å². The molecule has 0 saturated carbocycles. The van der Waals surface area contributed by atoms with Gasteiger partial charge in [0, 0.05) is 24.9 Å². The van der Waals surface area contributed by atoms with E-state index < -0.39 is 9.84 Å². The lowest BCUT2D eigenvalue weighted by atomic mass is 10.0. The number of rotatable bonds is 3. The molecule has 0 amide bonds. The molecule has 3 rings (SSSR count). The number of piperidine rings is 1. The first-order valence-corrected chi connectivity index (χ1v) is 9.83. The highest BCUT2D eigenvalue weighted by Crippen LogP contribution is 2.26. The molecule has 0 N–H and O–H groups in total. The van der Waals surface area contributed by atoms with Crippen LogP contribution in [0.2, 0.25) is 0 Å². The minimum atomic E-state index is -3.23. The van der Waals surface area contributed by atoms with Crippen molar-refractivity contribution < 1.29 is 8.42 Å². The van der Waals surface area contributed by atoms with Gasteiger partial charge in [0.2, 0.25) is 0 Å². The van der Waals surface area contributed by atoms with Crippen LogP contribution in [0.1, 0.15) is 25.5 Å². The van der Waals surface area contributed by atoms with Gasteiger partial charge in [-0.3, -0.25) is 5.01 Å². The largest absolute Gasteiger partial charge is 0.295 e. The molecule has 0 spiro atoms. The molecular weight excluding hydrogens is 324 g/mol. The van der Waals surface area contributed by atoms with Gasteiger partial charge in [-0.1, -0.05) is 19.1 Å².